The fourth-order valence-corrected chi connectivity index (χ4v) is 4.23. The minimum absolute atomic E-state index is 0.00343. The van der Waals surface area contributed by atoms with Crippen molar-refractivity contribution in [2.75, 3.05) is 20.1 Å². The van der Waals surface area contributed by atoms with Crippen LogP contribution in [0.3, 0.4) is 0 Å². The fraction of sp³-hybridized carbons (Fsp3) is 0.579. The van der Waals surface area contributed by atoms with E-state index in [0.29, 0.717) is 18.1 Å². The van der Waals surface area contributed by atoms with Gasteiger partial charge in [-0.1, -0.05) is 37.6 Å². The molecule has 3 atom stereocenters. The van der Waals surface area contributed by atoms with Crippen molar-refractivity contribution in [3.8, 4) is 0 Å². The van der Waals surface area contributed by atoms with E-state index in [-0.39, 0.29) is 41.7 Å². The van der Waals surface area contributed by atoms with Crippen LogP contribution in [0.4, 0.5) is 0 Å². The van der Waals surface area contributed by atoms with Crippen LogP contribution in [0, 0.1) is 11.3 Å². The van der Waals surface area contributed by atoms with Crippen molar-refractivity contribution in [2.45, 2.75) is 38.8 Å². The Morgan fingerprint density at radius 2 is 2.08 bits per heavy atom. The first kappa shape index (κ1) is 18.2. The average Bonchev–Trinajstić information content (AvgIpc) is 2.84. The van der Waals surface area contributed by atoms with E-state index in [4.69, 9.17) is 17.3 Å². The SMILES string of the molecule is CN1C(=O)CC(C(=O)N2CCC(N)C(C)(C)C2)C1c1cccc(Cl)c1. The summed E-state index contributed by atoms with van der Waals surface area (Å²) in [5, 5.41) is 0.613. The smallest absolute Gasteiger partial charge is 0.228 e. The summed E-state index contributed by atoms with van der Waals surface area (Å²) in [7, 11) is 1.76. The van der Waals surface area contributed by atoms with Crippen LogP contribution >= 0.6 is 11.6 Å². The molecule has 0 aromatic heterocycles. The zero-order chi connectivity index (χ0) is 18.4. The molecule has 3 rings (SSSR count). The normalized spacial score (nSPS) is 29.2. The Morgan fingerprint density at radius 1 is 1.36 bits per heavy atom. The maximum Gasteiger partial charge on any atom is 0.228 e. The number of carbonyl (C=O) groups excluding carboxylic acids is 2. The van der Waals surface area contributed by atoms with Crippen LogP contribution in [0.1, 0.15) is 38.3 Å². The highest BCUT2D eigenvalue weighted by Gasteiger charge is 2.46. The van der Waals surface area contributed by atoms with Gasteiger partial charge >= 0.3 is 0 Å². The molecule has 6 heteroatoms. The van der Waals surface area contributed by atoms with Gasteiger partial charge in [0.2, 0.25) is 11.8 Å². The third-order valence-electron chi connectivity index (χ3n) is 5.72. The minimum Gasteiger partial charge on any atom is -0.342 e. The molecule has 1 aromatic rings. The zero-order valence-corrected chi connectivity index (χ0v) is 15.8. The topological polar surface area (TPSA) is 66.6 Å². The van der Waals surface area contributed by atoms with Crippen molar-refractivity contribution < 1.29 is 9.59 Å². The van der Waals surface area contributed by atoms with Crippen LogP contribution in [0.5, 0.6) is 0 Å². The Labute approximate surface area is 154 Å². The Balaban J connectivity index is 1.86. The predicted molar refractivity (Wildman–Crippen MR) is 98.0 cm³/mol. The van der Waals surface area contributed by atoms with Gasteiger partial charge in [-0.15, -0.1) is 0 Å². The van der Waals surface area contributed by atoms with E-state index in [1.54, 1.807) is 18.0 Å². The van der Waals surface area contributed by atoms with Crippen molar-refractivity contribution in [2.24, 2.45) is 17.1 Å². The highest BCUT2D eigenvalue weighted by atomic mass is 35.5. The number of nitrogens with two attached hydrogens (primary N) is 1. The monoisotopic (exact) mass is 363 g/mol. The predicted octanol–water partition coefficient (Wildman–Crippen LogP) is 2.45. The van der Waals surface area contributed by atoms with E-state index in [1.807, 2.05) is 23.1 Å². The number of benzene rings is 1. The van der Waals surface area contributed by atoms with E-state index in [1.165, 1.54) is 0 Å². The molecule has 0 saturated carbocycles. The first-order valence-corrected chi connectivity index (χ1v) is 9.14. The van der Waals surface area contributed by atoms with Crippen molar-refractivity contribution in [1.82, 2.24) is 9.80 Å². The second kappa shape index (κ2) is 6.61. The largest absolute Gasteiger partial charge is 0.342 e. The van der Waals surface area contributed by atoms with Crippen molar-refractivity contribution in [3.63, 3.8) is 0 Å². The van der Waals surface area contributed by atoms with Crippen molar-refractivity contribution in [1.29, 1.82) is 0 Å². The van der Waals surface area contributed by atoms with Crippen LogP contribution in [0.2, 0.25) is 5.02 Å². The summed E-state index contributed by atoms with van der Waals surface area (Å²) < 4.78 is 0. The number of likely N-dealkylation sites (tertiary alicyclic amines) is 2. The molecule has 0 spiro atoms. The first-order chi connectivity index (χ1) is 11.7. The summed E-state index contributed by atoms with van der Waals surface area (Å²) in [4.78, 5) is 29.1. The van der Waals surface area contributed by atoms with Crippen molar-refractivity contribution >= 4 is 23.4 Å². The molecule has 2 aliphatic heterocycles. The van der Waals surface area contributed by atoms with Gasteiger partial charge in [0.1, 0.15) is 0 Å². The quantitative estimate of drug-likeness (QED) is 0.877. The van der Waals surface area contributed by atoms with Gasteiger partial charge in [-0.2, -0.15) is 0 Å². The third kappa shape index (κ3) is 3.40. The lowest BCUT2D eigenvalue weighted by atomic mass is 9.79. The molecule has 0 aliphatic carbocycles. The molecule has 0 bridgehead atoms. The van der Waals surface area contributed by atoms with Gasteiger partial charge in [0.15, 0.2) is 0 Å². The molecule has 2 amide bonds. The Hall–Kier alpha value is -1.59. The molecule has 136 valence electrons. The lowest BCUT2D eigenvalue weighted by Crippen LogP contribution is -2.55. The lowest BCUT2D eigenvalue weighted by molar-refractivity contribution is -0.140. The van der Waals surface area contributed by atoms with E-state index < -0.39 is 0 Å². The molecule has 0 radical (unpaired) electrons. The van der Waals surface area contributed by atoms with Crippen molar-refractivity contribution in [3.05, 3.63) is 34.9 Å². The van der Waals surface area contributed by atoms with Gasteiger partial charge in [-0.05, 0) is 29.5 Å². The van der Waals surface area contributed by atoms with E-state index in [2.05, 4.69) is 13.8 Å². The van der Waals surface area contributed by atoms with Crippen LogP contribution in [0.15, 0.2) is 24.3 Å². The van der Waals surface area contributed by atoms with Crippen LogP contribution in [-0.4, -0.2) is 47.8 Å². The Morgan fingerprint density at radius 3 is 2.72 bits per heavy atom. The molecule has 2 heterocycles. The molecule has 1 aromatic carbocycles. The Kier molecular flexibility index (Phi) is 4.82. The summed E-state index contributed by atoms with van der Waals surface area (Å²) in [6.45, 7) is 5.47. The van der Waals surface area contributed by atoms with Gasteiger partial charge in [-0.3, -0.25) is 9.59 Å². The molecule has 5 nitrogen and oxygen atoms in total. The van der Waals surface area contributed by atoms with Crippen LogP contribution in [-0.2, 0) is 9.59 Å². The average molecular weight is 364 g/mol. The summed E-state index contributed by atoms with van der Waals surface area (Å²) in [5.41, 5.74) is 6.98. The second-order valence-corrected chi connectivity index (χ2v) is 8.40. The van der Waals surface area contributed by atoms with E-state index in [9.17, 15) is 9.59 Å². The van der Waals surface area contributed by atoms with Gasteiger partial charge in [0.05, 0.1) is 12.0 Å². The number of piperidine rings is 1. The third-order valence-corrected chi connectivity index (χ3v) is 5.95. The number of hydrogen-bond donors (Lipinski definition) is 1. The summed E-state index contributed by atoms with van der Waals surface area (Å²) in [6.07, 6.45) is 1.03. The van der Waals surface area contributed by atoms with Crippen LogP contribution < -0.4 is 5.73 Å². The minimum atomic E-state index is -0.374. The standard InChI is InChI=1S/C19H26ClN3O2/c1-19(2)11-23(8-7-15(19)21)18(25)14-10-16(24)22(3)17(14)12-5-4-6-13(20)9-12/h4-6,9,14-15,17H,7-8,10-11,21H2,1-3H3. The van der Waals surface area contributed by atoms with Gasteiger partial charge in [0.25, 0.3) is 0 Å². The number of carbonyl (C=O) groups is 2. The molecular weight excluding hydrogens is 338 g/mol. The number of hydrogen-bond acceptors (Lipinski definition) is 3. The molecule has 2 fully saturated rings. The highest BCUT2D eigenvalue weighted by Crippen LogP contribution is 2.40. The van der Waals surface area contributed by atoms with Crippen LogP contribution in [0.25, 0.3) is 0 Å². The summed E-state index contributed by atoms with van der Waals surface area (Å²) in [6, 6.07) is 7.26. The number of halogens is 1. The van der Waals surface area contributed by atoms with Gasteiger partial charge in [-0.25, -0.2) is 0 Å². The zero-order valence-electron chi connectivity index (χ0n) is 15.0. The highest BCUT2D eigenvalue weighted by molar-refractivity contribution is 6.30. The Bertz CT molecular complexity index is 691. The summed E-state index contributed by atoms with van der Waals surface area (Å²) in [5.74, 6) is -0.333. The fourth-order valence-electron chi connectivity index (χ4n) is 4.03. The molecular formula is C19H26ClN3O2. The van der Waals surface area contributed by atoms with E-state index in [0.717, 1.165) is 12.0 Å². The van der Waals surface area contributed by atoms with Gasteiger partial charge in [0, 0.05) is 37.6 Å². The summed E-state index contributed by atoms with van der Waals surface area (Å²) >= 11 is 6.12. The second-order valence-electron chi connectivity index (χ2n) is 7.96. The molecule has 2 N–H and O–H groups in total. The first-order valence-electron chi connectivity index (χ1n) is 8.76. The molecule has 2 aliphatic rings. The van der Waals surface area contributed by atoms with E-state index >= 15 is 0 Å². The van der Waals surface area contributed by atoms with Gasteiger partial charge < -0.3 is 15.5 Å². The number of nitrogens with zero attached hydrogens (tertiary/aromatic N) is 2. The maximum absolute atomic E-state index is 13.2. The molecule has 2 saturated heterocycles. The number of amides is 2. The molecule has 25 heavy (non-hydrogen) atoms. The lowest BCUT2D eigenvalue weighted by Gasteiger charge is -2.43. The number of rotatable bonds is 2. The maximum atomic E-state index is 13.2. The molecule has 3 unspecified atom stereocenters.